The van der Waals surface area contributed by atoms with Crippen molar-refractivity contribution in [2.24, 2.45) is 5.16 Å². The molecule has 0 aliphatic carbocycles. The van der Waals surface area contributed by atoms with Gasteiger partial charge in [-0.05, 0) is 18.6 Å². The highest BCUT2D eigenvalue weighted by atomic mass is 19.1. The lowest BCUT2D eigenvalue weighted by Crippen LogP contribution is -2.31. The van der Waals surface area contributed by atoms with Crippen LogP contribution in [-0.2, 0) is 9.63 Å². The predicted molar refractivity (Wildman–Crippen MR) is 88.8 cm³/mol. The van der Waals surface area contributed by atoms with Crippen LogP contribution >= 0.6 is 0 Å². The van der Waals surface area contributed by atoms with Gasteiger partial charge in [-0.1, -0.05) is 31.3 Å². The Bertz CT molecular complexity index is 605. The molecule has 0 aromatic heterocycles. The number of hydrogen-bond acceptors (Lipinski definition) is 3. The van der Waals surface area contributed by atoms with Crippen LogP contribution < -0.4 is 0 Å². The monoisotopic (exact) mass is 338 g/mol. The van der Waals surface area contributed by atoms with E-state index in [0.717, 1.165) is 31.9 Å². The van der Waals surface area contributed by atoms with Crippen LogP contribution in [0, 0.1) is 11.6 Å². The summed E-state index contributed by atoms with van der Waals surface area (Å²) in [5.74, 6) is -1.31. The van der Waals surface area contributed by atoms with E-state index in [1.54, 1.807) is 11.9 Å². The third kappa shape index (κ3) is 5.01. The van der Waals surface area contributed by atoms with Crippen molar-refractivity contribution in [2.75, 3.05) is 13.6 Å². The molecule has 1 aliphatic heterocycles. The highest BCUT2D eigenvalue weighted by Gasteiger charge is 2.27. The van der Waals surface area contributed by atoms with Crippen molar-refractivity contribution in [2.45, 2.75) is 51.6 Å². The van der Waals surface area contributed by atoms with Gasteiger partial charge in [0.2, 0.25) is 5.91 Å². The fourth-order valence-corrected chi connectivity index (χ4v) is 2.67. The van der Waals surface area contributed by atoms with Crippen molar-refractivity contribution in [3.8, 4) is 0 Å². The Balaban J connectivity index is 1.81. The fourth-order valence-electron chi connectivity index (χ4n) is 2.67. The minimum atomic E-state index is -0.669. The second-order valence-electron chi connectivity index (χ2n) is 6.17. The molecule has 0 bridgehead atoms. The van der Waals surface area contributed by atoms with Crippen LogP contribution in [-0.4, -0.2) is 36.2 Å². The number of hydrogen-bond donors (Lipinski definition) is 0. The van der Waals surface area contributed by atoms with Crippen molar-refractivity contribution >= 4 is 11.6 Å². The van der Waals surface area contributed by atoms with Crippen LogP contribution in [0.15, 0.2) is 23.4 Å². The molecule has 2 rings (SSSR count). The van der Waals surface area contributed by atoms with E-state index in [0.29, 0.717) is 12.1 Å². The van der Waals surface area contributed by atoms with Crippen molar-refractivity contribution < 1.29 is 18.4 Å². The highest BCUT2D eigenvalue weighted by molar-refractivity contribution is 6.01. The second-order valence-corrected chi connectivity index (χ2v) is 6.17. The molecule has 1 amide bonds. The molecule has 1 aromatic carbocycles. The lowest BCUT2D eigenvalue weighted by atomic mass is 10.0. The van der Waals surface area contributed by atoms with E-state index in [9.17, 15) is 13.6 Å². The average molecular weight is 338 g/mol. The Morgan fingerprint density at radius 3 is 2.83 bits per heavy atom. The molecular formula is C18H24F2N2O2. The number of nitrogens with zero attached hydrogens (tertiary/aromatic N) is 2. The van der Waals surface area contributed by atoms with E-state index in [1.165, 1.54) is 18.6 Å². The molecule has 132 valence electrons. The molecule has 6 heteroatoms. The number of rotatable bonds is 8. The minimum Gasteiger partial charge on any atom is -0.391 e. The van der Waals surface area contributed by atoms with Crippen LogP contribution in [0.25, 0.3) is 0 Å². The summed E-state index contributed by atoms with van der Waals surface area (Å²) in [6, 6.07) is 3.35. The van der Waals surface area contributed by atoms with E-state index in [2.05, 4.69) is 12.1 Å². The van der Waals surface area contributed by atoms with Gasteiger partial charge in [0.05, 0.1) is 12.1 Å². The van der Waals surface area contributed by atoms with Crippen molar-refractivity contribution in [3.05, 3.63) is 35.4 Å². The Morgan fingerprint density at radius 2 is 2.12 bits per heavy atom. The maximum atomic E-state index is 13.8. The molecule has 0 saturated carbocycles. The number of oxime groups is 1. The number of amides is 1. The zero-order valence-electron chi connectivity index (χ0n) is 14.2. The lowest BCUT2D eigenvalue weighted by Gasteiger charge is -2.18. The normalized spacial score (nSPS) is 16.7. The Morgan fingerprint density at radius 1 is 1.33 bits per heavy atom. The summed E-state index contributed by atoms with van der Waals surface area (Å²) in [4.78, 5) is 19.1. The Hall–Kier alpha value is -1.98. The van der Waals surface area contributed by atoms with Crippen LogP contribution in [0.3, 0.4) is 0 Å². The van der Waals surface area contributed by atoms with Gasteiger partial charge in [-0.25, -0.2) is 8.78 Å². The van der Waals surface area contributed by atoms with Crippen molar-refractivity contribution in [3.63, 3.8) is 0 Å². The van der Waals surface area contributed by atoms with Crippen LogP contribution in [0.4, 0.5) is 8.78 Å². The molecule has 1 atom stereocenters. The van der Waals surface area contributed by atoms with E-state index in [-0.39, 0.29) is 17.9 Å². The fraction of sp³-hybridized carbons (Fsp3) is 0.556. The molecule has 0 fully saturated rings. The third-order valence-electron chi connectivity index (χ3n) is 4.15. The van der Waals surface area contributed by atoms with Gasteiger partial charge in [0, 0.05) is 31.6 Å². The number of halogens is 2. The molecule has 0 saturated heterocycles. The van der Waals surface area contributed by atoms with Gasteiger partial charge in [-0.2, -0.15) is 0 Å². The van der Waals surface area contributed by atoms with Crippen molar-refractivity contribution in [1.82, 2.24) is 4.90 Å². The predicted octanol–water partition coefficient (Wildman–Crippen LogP) is 3.89. The highest BCUT2D eigenvalue weighted by Crippen LogP contribution is 2.22. The van der Waals surface area contributed by atoms with E-state index in [1.807, 2.05) is 0 Å². The number of unbranched alkanes of at least 4 members (excludes halogenated alkanes) is 3. The second kappa shape index (κ2) is 8.76. The first-order valence-electron chi connectivity index (χ1n) is 8.43. The number of benzene rings is 1. The zero-order valence-corrected chi connectivity index (χ0v) is 14.2. The van der Waals surface area contributed by atoms with Gasteiger partial charge in [0.25, 0.3) is 0 Å². The summed E-state index contributed by atoms with van der Waals surface area (Å²) in [5.41, 5.74) is 0.634. The molecular weight excluding hydrogens is 314 g/mol. The van der Waals surface area contributed by atoms with Gasteiger partial charge in [-0.3, -0.25) is 4.79 Å². The minimum absolute atomic E-state index is 0.00692. The third-order valence-corrected chi connectivity index (χ3v) is 4.15. The molecule has 1 aliphatic rings. The SMILES string of the molecule is CCCCCCN(C)C(=O)CC1CC(c2ccc(F)cc2F)=NO1. The average Bonchev–Trinajstić information content (AvgIpc) is 2.99. The molecule has 0 N–H and O–H groups in total. The van der Waals surface area contributed by atoms with Gasteiger partial charge < -0.3 is 9.74 Å². The molecule has 0 spiro atoms. The van der Waals surface area contributed by atoms with E-state index < -0.39 is 17.7 Å². The molecule has 1 aromatic rings. The van der Waals surface area contributed by atoms with Crippen LogP contribution in [0.2, 0.25) is 0 Å². The summed E-state index contributed by atoms with van der Waals surface area (Å²) in [5, 5.41) is 3.86. The Labute approximate surface area is 141 Å². The van der Waals surface area contributed by atoms with Gasteiger partial charge in [0.1, 0.15) is 17.7 Å². The number of carbonyl (C=O) groups excluding carboxylic acids is 1. The molecule has 1 heterocycles. The summed E-state index contributed by atoms with van der Waals surface area (Å²) in [6.45, 7) is 2.87. The molecule has 24 heavy (non-hydrogen) atoms. The lowest BCUT2D eigenvalue weighted by molar-refractivity contribution is -0.132. The summed E-state index contributed by atoms with van der Waals surface area (Å²) >= 11 is 0. The zero-order chi connectivity index (χ0) is 17.5. The maximum Gasteiger partial charge on any atom is 0.226 e. The van der Waals surface area contributed by atoms with Gasteiger partial charge in [0.15, 0.2) is 0 Å². The molecule has 1 unspecified atom stereocenters. The first kappa shape index (κ1) is 18.4. The summed E-state index contributed by atoms with van der Waals surface area (Å²) in [7, 11) is 1.78. The topological polar surface area (TPSA) is 41.9 Å². The molecule has 4 nitrogen and oxygen atoms in total. The van der Waals surface area contributed by atoms with Gasteiger partial charge >= 0.3 is 0 Å². The van der Waals surface area contributed by atoms with E-state index in [4.69, 9.17) is 4.84 Å². The standard InChI is InChI=1S/C18H24F2N2O2/c1-3-4-5-6-9-22(2)18(23)12-14-11-17(21-24-14)15-8-7-13(19)10-16(15)20/h7-8,10,14H,3-6,9,11-12H2,1-2H3. The first-order chi connectivity index (χ1) is 11.5. The van der Waals surface area contributed by atoms with E-state index >= 15 is 0 Å². The first-order valence-corrected chi connectivity index (χ1v) is 8.43. The van der Waals surface area contributed by atoms with Crippen molar-refractivity contribution in [1.29, 1.82) is 0 Å². The molecule has 0 radical (unpaired) electrons. The number of carbonyl (C=O) groups is 1. The van der Waals surface area contributed by atoms with Crippen LogP contribution in [0.5, 0.6) is 0 Å². The largest absolute Gasteiger partial charge is 0.391 e. The maximum absolute atomic E-state index is 13.8. The smallest absolute Gasteiger partial charge is 0.226 e. The quantitative estimate of drug-likeness (QED) is 0.675. The van der Waals surface area contributed by atoms with Crippen LogP contribution in [0.1, 0.15) is 51.0 Å². The Kier molecular flexibility index (Phi) is 6.70. The van der Waals surface area contributed by atoms with Gasteiger partial charge in [-0.15, -0.1) is 0 Å². The summed E-state index contributed by atoms with van der Waals surface area (Å²) < 4.78 is 26.7. The summed E-state index contributed by atoms with van der Waals surface area (Å²) in [6.07, 6.45) is 4.60.